The smallest absolute Gasteiger partial charge is 0.0751 e. The Bertz CT molecular complexity index is 773. The minimum absolute atomic E-state index is 0.344. The summed E-state index contributed by atoms with van der Waals surface area (Å²) >= 11 is 4.16. The standard InChI is InChI=1S/C24H25NS2/c1-3-8-19(9-4-1)23(20-10-5-2-6-11-20)18-25-22-14-12-21(13-15-22)24-26-16-7-17-27-24/h1-6,8-15,23-25H,7,16-18H2. The fraction of sp³-hybridized carbons (Fsp3) is 0.250. The third-order valence-corrected chi connectivity index (χ3v) is 7.94. The van der Waals surface area contributed by atoms with Crippen molar-refractivity contribution in [1.82, 2.24) is 0 Å². The first-order valence-electron chi connectivity index (χ1n) is 9.57. The van der Waals surface area contributed by atoms with Crippen molar-refractivity contribution in [2.24, 2.45) is 0 Å². The summed E-state index contributed by atoms with van der Waals surface area (Å²) in [4.78, 5) is 0. The number of hydrogen-bond acceptors (Lipinski definition) is 3. The average molecular weight is 392 g/mol. The van der Waals surface area contributed by atoms with E-state index in [9.17, 15) is 0 Å². The maximum atomic E-state index is 3.66. The van der Waals surface area contributed by atoms with Crippen molar-refractivity contribution in [2.45, 2.75) is 16.9 Å². The largest absolute Gasteiger partial charge is 0.384 e. The zero-order chi connectivity index (χ0) is 18.3. The Labute approximate surface area is 171 Å². The summed E-state index contributed by atoms with van der Waals surface area (Å²) < 4.78 is 0.606. The van der Waals surface area contributed by atoms with Gasteiger partial charge < -0.3 is 5.32 Å². The van der Waals surface area contributed by atoms with Crippen LogP contribution < -0.4 is 5.32 Å². The lowest BCUT2D eigenvalue weighted by molar-refractivity contribution is 0.853. The molecular formula is C24H25NS2. The molecule has 3 aromatic carbocycles. The molecule has 1 aliphatic heterocycles. The Morgan fingerprint density at radius 1 is 0.741 bits per heavy atom. The van der Waals surface area contributed by atoms with Gasteiger partial charge in [-0.05, 0) is 46.7 Å². The van der Waals surface area contributed by atoms with Crippen LogP contribution in [0.1, 0.15) is 33.6 Å². The van der Waals surface area contributed by atoms with Gasteiger partial charge in [0.05, 0.1) is 4.58 Å². The van der Waals surface area contributed by atoms with Crippen molar-refractivity contribution in [3.05, 3.63) is 102 Å². The van der Waals surface area contributed by atoms with E-state index in [1.807, 2.05) is 0 Å². The highest BCUT2D eigenvalue weighted by atomic mass is 32.2. The third-order valence-electron chi connectivity index (χ3n) is 4.92. The van der Waals surface area contributed by atoms with E-state index in [0.717, 1.165) is 6.54 Å². The number of thioether (sulfide) groups is 2. The number of hydrogen-bond donors (Lipinski definition) is 1. The third kappa shape index (κ3) is 4.91. The molecule has 1 saturated heterocycles. The fourth-order valence-electron chi connectivity index (χ4n) is 3.46. The van der Waals surface area contributed by atoms with Crippen molar-refractivity contribution in [3.63, 3.8) is 0 Å². The monoisotopic (exact) mass is 391 g/mol. The molecule has 0 aromatic heterocycles. The molecule has 0 spiro atoms. The zero-order valence-electron chi connectivity index (χ0n) is 15.4. The summed E-state index contributed by atoms with van der Waals surface area (Å²) in [6.45, 7) is 0.889. The highest BCUT2D eigenvalue weighted by molar-refractivity contribution is 8.16. The number of anilines is 1. The van der Waals surface area contributed by atoms with Crippen molar-refractivity contribution < 1.29 is 0 Å². The van der Waals surface area contributed by atoms with E-state index in [1.165, 1.54) is 40.3 Å². The Morgan fingerprint density at radius 3 is 1.85 bits per heavy atom. The maximum absolute atomic E-state index is 3.66. The second-order valence-corrected chi connectivity index (χ2v) is 9.53. The van der Waals surface area contributed by atoms with Crippen molar-refractivity contribution in [2.75, 3.05) is 23.4 Å². The van der Waals surface area contributed by atoms with Crippen LogP contribution in [0.5, 0.6) is 0 Å². The summed E-state index contributed by atoms with van der Waals surface area (Å²) in [7, 11) is 0. The molecule has 138 valence electrons. The molecule has 0 bridgehead atoms. The van der Waals surface area contributed by atoms with E-state index < -0.39 is 0 Å². The van der Waals surface area contributed by atoms with Gasteiger partial charge in [-0.25, -0.2) is 0 Å². The van der Waals surface area contributed by atoms with Gasteiger partial charge in [0.2, 0.25) is 0 Å². The van der Waals surface area contributed by atoms with Gasteiger partial charge in [0.15, 0.2) is 0 Å². The van der Waals surface area contributed by atoms with Gasteiger partial charge in [-0.2, -0.15) is 0 Å². The average Bonchev–Trinajstić information content (AvgIpc) is 2.76. The first-order chi connectivity index (χ1) is 13.4. The summed E-state index contributed by atoms with van der Waals surface area (Å²) in [5.74, 6) is 2.91. The van der Waals surface area contributed by atoms with Gasteiger partial charge in [-0.1, -0.05) is 72.8 Å². The molecule has 0 unspecified atom stereocenters. The molecule has 0 amide bonds. The van der Waals surface area contributed by atoms with Crippen molar-refractivity contribution >= 4 is 29.2 Å². The van der Waals surface area contributed by atoms with Crippen molar-refractivity contribution in [1.29, 1.82) is 0 Å². The van der Waals surface area contributed by atoms with E-state index in [2.05, 4.69) is 114 Å². The first kappa shape index (κ1) is 18.5. The molecule has 0 radical (unpaired) electrons. The normalized spacial score (nSPS) is 15.0. The fourth-order valence-corrected chi connectivity index (χ4v) is 6.35. The van der Waals surface area contributed by atoms with Gasteiger partial charge in [0, 0.05) is 18.2 Å². The Hall–Kier alpha value is -1.84. The first-order valence-corrected chi connectivity index (χ1v) is 11.7. The van der Waals surface area contributed by atoms with E-state index in [4.69, 9.17) is 0 Å². The van der Waals surface area contributed by atoms with Crippen LogP contribution in [0.2, 0.25) is 0 Å². The second kappa shape index (κ2) is 9.38. The van der Waals surface area contributed by atoms with Crippen LogP contribution in [-0.4, -0.2) is 18.1 Å². The SMILES string of the molecule is c1ccc(C(CNc2ccc(C3SCCCS3)cc2)c2ccccc2)cc1. The van der Waals surface area contributed by atoms with Crippen LogP contribution in [0.25, 0.3) is 0 Å². The van der Waals surface area contributed by atoms with Crippen LogP contribution >= 0.6 is 23.5 Å². The Kier molecular flexibility index (Phi) is 6.44. The van der Waals surface area contributed by atoms with E-state index in [1.54, 1.807) is 0 Å². The Balaban J connectivity index is 1.46. The molecule has 4 rings (SSSR count). The van der Waals surface area contributed by atoms with Crippen LogP contribution in [-0.2, 0) is 0 Å². The van der Waals surface area contributed by atoms with Crippen LogP contribution in [0, 0.1) is 0 Å². The topological polar surface area (TPSA) is 12.0 Å². The molecule has 1 heterocycles. The molecule has 1 nitrogen and oxygen atoms in total. The minimum Gasteiger partial charge on any atom is -0.384 e. The van der Waals surface area contributed by atoms with E-state index in [0.29, 0.717) is 10.5 Å². The summed E-state index contributed by atoms with van der Waals surface area (Å²) in [6.07, 6.45) is 1.34. The quantitative estimate of drug-likeness (QED) is 0.496. The lowest BCUT2D eigenvalue weighted by Crippen LogP contribution is -2.14. The second-order valence-electron chi connectivity index (χ2n) is 6.80. The zero-order valence-corrected chi connectivity index (χ0v) is 17.0. The number of nitrogens with one attached hydrogen (secondary N) is 1. The van der Waals surface area contributed by atoms with E-state index in [-0.39, 0.29) is 0 Å². The molecular weight excluding hydrogens is 366 g/mol. The molecule has 3 heteroatoms. The number of benzene rings is 3. The lowest BCUT2D eigenvalue weighted by atomic mass is 9.91. The molecule has 27 heavy (non-hydrogen) atoms. The van der Waals surface area contributed by atoms with Gasteiger partial charge in [-0.15, -0.1) is 23.5 Å². The predicted octanol–water partition coefficient (Wildman–Crippen LogP) is 6.80. The molecule has 0 atom stereocenters. The summed E-state index contributed by atoms with van der Waals surface area (Å²) in [6, 6.07) is 30.6. The van der Waals surface area contributed by atoms with Crippen LogP contribution in [0.3, 0.4) is 0 Å². The summed E-state index contributed by atoms with van der Waals surface area (Å²) in [5, 5.41) is 3.66. The van der Waals surface area contributed by atoms with Crippen LogP contribution in [0.15, 0.2) is 84.9 Å². The van der Waals surface area contributed by atoms with Gasteiger partial charge in [0.1, 0.15) is 0 Å². The highest BCUT2D eigenvalue weighted by Crippen LogP contribution is 2.43. The van der Waals surface area contributed by atoms with E-state index >= 15 is 0 Å². The highest BCUT2D eigenvalue weighted by Gasteiger charge is 2.17. The Morgan fingerprint density at radius 2 is 1.30 bits per heavy atom. The van der Waals surface area contributed by atoms with Crippen molar-refractivity contribution in [3.8, 4) is 0 Å². The lowest BCUT2D eigenvalue weighted by Gasteiger charge is -2.22. The van der Waals surface area contributed by atoms with Gasteiger partial charge in [-0.3, -0.25) is 0 Å². The molecule has 1 aliphatic rings. The molecule has 1 fully saturated rings. The van der Waals surface area contributed by atoms with Crippen LogP contribution in [0.4, 0.5) is 5.69 Å². The molecule has 1 N–H and O–H groups in total. The molecule has 3 aromatic rings. The minimum atomic E-state index is 0.344. The number of rotatable bonds is 6. The summed E-state index contributed by atoms with van der Waals surface area (Å²) in [5.41, 5.74) is 5.34. The molecule has 0 aliphatic carbocycles. The maximum Gasteiger partial charge on any atom is 0.0751 e. The predicted molar refractivity (Wildman–Crippen MR) is 122 cm³/mol. The van der Waals surface area contributed by atoms with Gasteiger partial charge >= 0.3 is 0 Å². The molecule has 0 saturated carbocycles. The van der Waals surface area contributed by atoms with Gasteiger partial charge in [0.25, 0.3) is 0 Å².